The summed E-state index contributed by atoms with van der Waals surface area (Å²) in [6, 6.07) is -1.19. The van der Waals surface area contributed by atoms with E-state index in [1.54, 1.807) is 0 Å². The number of rotatable bonds is 61. The van der Waals surface area contributed by atoms with E-state index < -0.39 is 74.2 Å². The van der Waals surface area contributed by atoms with Crippen LogP contribution in [0.2, 0.25) is 0 Å². The number of carbonyl (C=O) groups excluding carboxylic acids is 1. The Balaban J connectivity index is 2.23. The van der Waals surface area contributed by atoms with Crippen molar-refractivity contribution in [1.82, 2.24) is 5.32 Å². The first-order valence-electron chi connectivity index (χ1n) is 34.9. The maximum absolute atomic E-state index is 13.2. The normalized spacial score (nSPS) is 19.3. The van der Waals surface area contributed by atoms with E-state index in [0.29, 0.717) is 19.3 Å². The van der Waals surface area contributed by atoms with Gasteiger partial charge in [0, 0.05) is 0 Å². The van der Waals surface area contributed by atoms with Crippen molar-refractivity contribution in [3.8, 4) is 0 Å². The predicted octanol–water partition coefficient (Wildman–Crippen LogP) is 16.6. The first-order chi connectivity index (χ1) is 39.7. The van der Waals surface area contributed by atoms with Crippen molar-refractivity contribution in [2.45, 2.75) is 390 Å². The van der Waals surface area contributed by atoms with Gasteiger partial charge in [0.05, 0.1) is 25.4 Å². The minimum absolute atomic E-state index is 0.248. The number of ether oxygens (including phenoxy) is 2. The van der Waals surface area contributed by atoms with Crippen LogP contribution in [-0.4, -0.2) is 110 Å². The van der Waals surface area contributed by atoms with Crippen molar-refractivity contribution in [2.75, 3.05) is 13.2 Å². The van der Waals surface area contributed by atoms with E-state index in [-0.39, 0.29) is 12.8 Å². The van der Waals surface area contributed by atoms with Crippen molar-refractivity contribution >= 4 is 5.91 Å². The average Bonchev–Trinajstić information content (AvgIpc) is 3.49. The summed E-state index contributed by atoms with van der Waals surface area (Å²) >= 11 is 0. The van der Waals surface area contributed by atoms with E-state index >= 15 is 0 Å². The third kappa shape index (κ3) is 46.3. The van der Waals surface area contributed by atoms with Crippen LogP contribution in [0.25, 0.3) is 0 Å². The summed E-state index contributed by atoms with van der Waals surface area (Å²) in [7, 11) is 0. The van der Waals surface area contributed by atoms with Crippen molar-refractivity contribution < 1.29 is 50.0 Å². The lowest BCUT2D eigenvalue weighted by Gasteiger charge is -2.40. The fourth-order valence-electron chi connectivity index (χ4n) is 11.3. The van der Waals surface area contributed by atoms with Gasteiger partial charge in [-0.25, -0.2) is 0 Å². The fraction of sp³-hybridized carbons (Fsp3) is 0.900. The molecule has 0 spiro atoms. The zero-order valence-corrected chi connectivity index (χ0v) is 52.8. The quantitative estimate of drug-likeness (QED) is 0.0215. The van der Waals surface area contributed by atoms with Crippen molar-refractivity contribution in [2.24, 2.45) is 0 Å². The molecule has 1 heterocycles. The average molecular weight is 1150 g/mol. The van der Waals surface area contributed by atoms with Crippen LogP contribution in [0.3, 0.4) is 0 Å². The second-order valence-corrected chi connectivity index (χ2v) is 24.6. The van der Waals surface area contributed by atoms with E-state index in [1.165, 1.54) is 250 Å². The molecular formula is C70H133NO10. The van der Waals surface area contributed by atoms with Crippen LogP contribution < -0.4 is 5.32 Å². The second kappa shape index (κ2) is 58.7. The van der Waals surface area contributed by atoms with Crippen LogP contribution >= 0.6 is 0 Å². The molecule has 8 N–H and O–H groups in total. The van der Waals surface area contributed by atoms with Crippen molar-refractivity contribution in [1.29, 1.82) is 0 Å². The van der Waals surface area contributed by atoms with Crippen LogP contribution in [0.1, 0.15) is 335 Å². The van der Waals surface area contributed by atoms with Gasteiger partial charge < -0.3 is 50.5 Å². The number of hydrogen-bond acceptors (Lipinski definition) is 10. The highest BCUT2D eigenvalue weighted by molar-refractivity contribution is 5.80. The summed E-state index contributed by atoms with van der Waals surface area (Å²) in [4.78, 5) is 13.2. The summed E-state index contributed by atoms with van der Waals surface area (Å²) in [6.45, 7) is 3.49. The monoisotopic (exact) mass is 1150 g/mol. The molecule has 0 saturated carbocycles. The summed E-state index contributed by atoms with van der Waals surface area (Å²) in [5, 5.41) is 76.4. The van der Waals surface area contributed by atoms with E-state index in [0.717, 1.165) is 38.5 Å². The number of aliphatic hydroxyl groups excluding tert-OH is 7. The molecule has 1 aliphatic rings. The number of aliphatic hydroxyl groups is 7. The van der Waals surface area contributed by atoms with E-state index in [1.807, 2.05) is 0 Å². The topological polar surface area (TPSA) is 189 Å². The van der Waals surface area contributed by atoms with Crippen molar-refractivity contribution in [3.63, 3.8) is 0 Å². The second-order valence-electron chi connectivity index (χ2n) is 24.6. The fourth-order valence-corrected chi connectivity index (χ4v) is 11.3. The van der Waals surface area contributed by atoms with E-state index in [2.05, 4.69) is 55.6 Å². The molecule has 0 aromatic heterocycles. The van der Waals surface area contributed by atoms with Crippen LogP contribution in [0.4, 0.5) is 0 Å². The molecule has 0 bridgehead atoms. The lowest BCUT2D eigenvalue weighted by atomic mass is 9.98. The molecule has 0 aromatic rings. The lowest BCUT2D eigenvalue weighted by Crippen LogP contribution is -2.60. The molecule has 11 nitrogen and oxygen atoms in total. The van der Waals surface area contributed by atoms with Gasteiger partial charge in [-0.3, -0.25) is 4.79 Å². The van der Waals surface area contributed by atoms with E-state index in [9.17, 15) is 40.5 Å². The van der Waals surface area contributed by atoms with Gasteiger partial charge in [0.15, 0.2) is 6.29 Å². The predicted molar refractivity (Wildman–Crippen MR) is 339 cm³/mol. The molecule has 81 heavy (non-hydrogen) atoms. The van der Waals surface area contributed by atoms with Gasteiger partial charge in [-0.1, -0.05) is 294 Å². The number of unbranched alkanes of at least 4 members (excludes halogenated alkanes) is 43. The minimum Gasteiger partial charge on any atom is -0.394 e. The Bertz CT molecular complexity index is 1410. The van der Waals surface area contributed by atoms with Crippen LogP contribution in [0.5, 0.6) is 0 Å². The Morgan fingerprint density at radius 3 is 1.10 bits per heavy atom. The van der Waals surface area contributed by atoms with Gasteiger partial charge in [0.25, 0.3) is 0 Å². The molecule has 1 saturated heterocycles. The standard InChI is InChI=1S/C70H133NO10/c1-3-5-7-9-11-13-15-17-19-21-23-25-27-29-30-31-32-33-34-36-38-40-42-44-46-48-50-52-54-56-58-63(74)69(79)71-61(60-80-70-68(78)67(77)66(76)64(59-72)81-70)65(75)62(73)57-55-53-51-49-47-45-43-41-39-37-35-28-26-24-22-20-18-16-14-12-10-8-6-4-2/h29-30,41,43,49,51,61-68,70,72-78H,3-28,31-40,42,44-48,50,52-60H2,1-2H3,(H,71,79)/b30-29-,43-41+,51-49+. The van der Waals surface area contributed by atoms with Gasteiger partial charge in [0.2, 0.25) is 5.91 Å². The van der Waals surface area contributed by atoms with Crippen LogP contribution in [0.15, 0.2) is 36.5 Å². The molecule has 1 rings (SSSR count). The summed E-state index contributed by atoms with van der Waals surface area (Å²) < 4.78 is 11.2. The SMILES string of the molecule is CCCCCCCCCCCCCC/C=C\CCCCCCCCCCCCCCCCC(O)C(=O)NC(COC1OC(CO)C(O)C(O)C1O)C(O)C(O)CCC/C=C/CC/C=C/CCCCCCCCCCCCCCCCC. The molecule has 1 aliphatic heterocycles. The molecule has 9 unspecified atom stereocenters. The van der Waals surface area contributed by atoms with Gasteiger partial charge in [-0.15, -0.1) is 0 Å². The third-order valence-electron chi connectivity index (χ3n) is 16.9. The van der Waals surface area contributed by atoms with Crippen LogP contribution in [0, 0.1) is 0 Å². The lowest BCUT2D eigenvalue weighted by molar-refractivity contribution is -0.303. The number of carbonyl (C=O) groups is 1. The van der Waals surface area contributed by atoms with Gasteiger partial charge >= 0.3 is 0 Å². The highest BCUT2D eigenvalue weighted by atomic mass is 16.7. The highest BCUT2D eigenvalue weighted by Gasteiger charge is 2.44. The van der Waals surface area contributed by atoms with E-state index in [4.69, 9.17) is 9.47 Å². The number of hydrogen-bond donors (Lipinski definition) is 8. The molecule has 478 valence electrons. The molecular weight excluding hydrogens is 1010 g/mol. The largest absolute Gasteiger partial charge is 0.394 e. The molecule has 0 radical (unpaired) electrons. The van der Waals surface area contributed by atoms with Gasteiger partial charge in [-0.05, 0) is 77.0 Å². The molecule has 9 atom stereocenters. The third-order valence-corrected chi connectivity index (χ3v) is 16.9. The van der Waals surface area contributed by atoms with Gasteiger partial charge in [-0.2, -0.15) is 0 Å². The summed E-state index contributed by atoms with van der Waals surface area (Å²) in [5.74, 6) is -0.706. The minimum atomic E-state index is -1.67. The molecule has 0 aliphatic carbocycles. The molecule has 1 amide bonds. The number of allylic oxidation sites excluding steroid dienone is 6. The summed E-state index contributed by atoms with van der Waals surface area (Å²) in [5.41, 5.74) is 0. The molecule has 11 heteroatoms. The Morgan fingerprint density at radius 2 is 0.741 bits per heavy atom. The zero-order chi connectivity index (χ0) is 58.9. The Morgan fingerprint density at radius 1 is 0.420 bits per heavy atom. The van der Waals surface area contributed by atoms with Crippen LogP contribution in [-0.2, 0) is 14.3 Å². The Kier molecular flexibility index (Phi) is 56.0. The maximum atomic E-state index is 13.2. The first-order valence-corrected chi connectivity index (χ1v) is 34.9. The summed E-state index contributed by atoms with van der Waals surface area (Å²) in [6.07, 6.45) is 63.7. The zero-order valence-electron chi connectivity index (χ0n) is 52.8. The highest BCUT2D eigenvalue weighted by Crippen LogP contribution is 2.24. The number of amides is 1. The smallest absolute Gasteiger partial charge is 0.249 e. The Labute approximate surface area is 498 Å². The first kappa shape index (κ1) is 77.3. The maximum Gasteiger partial charge on any atom is 0.249 e. The molecule has 1 fully saturated rings. The molecule has 0 aromatic carbocycles. The van der Waals surface area contributed by atoms with Gasteiger partial charge in [0.1, 0.15) is 36.6 Å². The number of nitrogens with one attached hydrogen (secondary N) is 1. The Hall–Kier alpha value is -1.67. The van der Waals surface area contributed by atoms with Crippen molar-refractivity contribution in [3.05, 3.63) is 36.5 Å².